The molecule has 0 aliphatic heterocycles. The molecule has 1 atom stereocenters. The number of anilines is 1. The molecule has 2 aromatic heterocycles. The second-order valence-corrected chi connectivity index (χ2v) is 6.14. The first-order chi connectivity index (χ1) is 13.3. The number of nitro groups is 1. The maximum absolute atomic E-state index is 12.3. The Labute approximate surface area is 159 Å². The number of nitrogens with one attached hydrogen (secondary N) is 1. The fourth-order valence-corrected chi connectivity index (χ4v) is 2.61. The van der Waals surface area contributed by atoms with E-state index in [9.17, 15) is 19.7 Å². The van der Waals surface area contributed by atoms with E-state index in [1.165, 1.54) is 37.4 Å². The van der Waals surface area contributed by atoms with E-state index in [0.717, 1.165) is 11.1 Å². The molecule has 1 amide bonds. The second kappa shape index (κ2) is 7.43. The number of pyridine rings is 1. The fraction of sp³-hybridized carbons (Fsp3) is 0.222. The van der Waals surface area contributed by atoms with Crippen LogP contribution >= 0.6 is 0 Å². The van der Waals surface area contributed by atoms with E-state index < -0.39 is 22.9 Å². The Hall–Kier alpha value is -3.82. The zero-order valence-corrected chi connectivity index (χ0v) is 15.4. The van der Waals surface area contributed by atoms with Crippen LogP contribution in [0.25, 0.3) is 11.0 Å². The van der Waals surface area contributed by atoms with Gasteiger partial charge in [-0.15, -0.1) is 0 Å². The highest BCUT2D eigenvalue weighted by Gasteiger charge is 2.20. The molecule has 0 aliphatic rings. The average molecular weight is 383 g/mol. The molecular formula is C18H17N5O5. The van der Waals surface area contributed by atoms with Crippen LogP contribution in [-0.4, -0.2) is 37.7 Å². The fourth-order valence-electron chi connectivity index (χ4n) is 2.61. The van der Waals surface area contributed by atoms with Gasteiger partial charge in [0.25, 0.3) is 11.6 Å². The van der Waals surface area contributed by atoms with Crippen molar-refractivity contribution in [2.75, 3.05) is 5.32 Å². The summed E-state index contributed by atoms with van der Waals surface area (Å²) in [6.45, 7) is 3.24. The van der Waals surface area contributed by atoms with Gasteiger partial charge in [-0.1, -0.05) is 0 Å². The Balaban J connectivity index is 1.67. The lowest BCUT2D eigenvalue weighted by Gasteiger charge is -2.13. The Kier molecular flexibility index (Phi) is 5.03. The molecule has 0 saturated heterocycles. The van der Waals surface area contributed by atoms with Gasteiger partial charge in [-0.25, -0.2) is 9.78 Å². The van der Waals surface area contributed by atoms with Crippen molar-refractivity contribution in [3.05, 3.63) is 57.9 Å². The van der Waals surface area contributed by atoms with Crippen molar-refractivity contribution in [1.82, 2.24) is 14.8 Å². The number of carbonyl (C=O) groups excluding carboxylic acids is 2. The van der Waals surface area contributed by atoms with Gasteiger partial charge >= 0.3 is 5.97 Å². The first kappa shape index (κ1) is 19.0. The summed E-state index contributed by atoms with van der Waals surface area (Å²) in [4.78, 5) is 38.9. The second-order valence-electron chi connectivity index (χ2n) is 6.14. The maximum atomic E-state index is 12.3. The highest BCUT2D eigenvalue weighted by molar-refractivity contribution is 5.98. The summed E-state index contributed by atoms with van der Waals surface area (Å²) < 4.78 is 6.81. The number of nitrogens with zero attached hydrogens (tertiary/aromatic N) is 4. The normalized spacial score (nSPS) is 11.8. The molecule has 3 rings (SSSR count). The predicted octanol–water partition coefficient (Wildman–Crippen LogP) is 2.37. The van der Waals surface area contributed by atoms with Crippen molar-refractivity contribution in [3.63, 3.8) is 0 Å². The zero-order chi connectivity index (χ0) is 20.4. The van der Waals surface area contributed by atoms with Crippen LogP contribution in [0.3, 0.4) is 0 Å². The number of hydrogen-bond acceptors (Lipinski definition) is 7. The monoisotopic (exact) mass is 383 g/mol. The number of aromatic nitrogens is 3. The molecule has 0 spiro atoms. The number of nitro benzene ring substituents is 1. The molecule has 10 heteroatoms. The third-order valence-corrected chi connectivity index (χ3v) is 4.10. The summed E-state index contributed by atoms with van der Waals surface area (Å²) in [7, 11) is 1.75. The number of fused-ring (bicyclic) bond motifs is 1. The standard InChI is InChI=1S/C18H17N5O5/c1-10-15-8-12(9-19-16(15)22(3)21-10)18(25)28-11(2)17(24)20-13-4-6-14(7-5-13)23(26)27/h4-9,11H,1-3H3,(H,20,24). The summed E-state index contributed by atoms with van der Waals surface area (Å²) in [6, 6.07) is 6.95. The Bertz CT molecular complexity index is 1070. The van der Waals surface area contributed by atoms with Crippen LogP contribution in [0.15, 0.2) is 36.5 Å². The van der Waals surface area contributed by atoms with Gasteiger partial charge in [0.05, 0.1) is 16.2 Å². The van der Waals surface area contributed by atoms with Crippen LogP contribution in [0.4, 0.5) is 11.4 Å². The maximum Gasteiger partial charge on any atom is 0.340 e. The molecule has 0 saturated carbocycles. The number of esters is 1. The molecule has 144 valence electrons. The number of benzene rings is 1. The smallest absolute Gasteiger partial charge is 0.340 e. The van der Waals surface area contributed by atoms with E-state index in [2.05, 4.69) is 15.4 Å². The zero-order valence-electron chi connectivity index (χ0n) is 15.4. The molecule has 0 radical (unpaired) electrons. The molecule has 0 aliphatic carbocycles. The van der Waals surface area contributed by atoms with Gasteiger partial charge in [-0.3, -0.25) is 19.6 Å². The van der Waals surface area contributed by atoms with Crippen LogP contribution in [0.2, 0.25) is 0 Å². The Morgan fingerprint density at radius 1 is 1.29 bits per heavy atom. The summed E-state index contributed by atoms with van der Waals surface area (Å²) in [5.41, 5.74) is 1.83. The summed E-state index contributed by atoms with van der Waals surface area (Å²) in [5, 5.41) is 18.2. The Morgan fingerprint density at radius 3 is 2.61 bits per heavy atom. The van der Waals surface area contributed by atoms with Gasteiger partial charge in [0.2, 0.25) is 0 Å². The number of ether oxygens (including phenoxy) is 1. The minimum absolute atomic E-state index is 0.0916. The summed E-state index contributed by atoms with van der Waals surface area (Å²) in [6.07, 6.45) is 0.292. The van der Waals surface area contributed by atoms with Crippen LogP contribution in [0.5, 0.6) is 0 Å². The van der Waals surface area contributed by atoms with Crippen molar-refractivity contribution >= 4 is 34.3 Å². The number of amides is 1. The van der Waals surface area contributed by atoms with Gasteiger partial charge in [-0.05, 0) is 32.0 Å². The minimum Gasteiger partial charge on any atom is -0.449 e. The molecule has 0 bridgehead atoms. The first-order valence-corrected chi connectivity index (χ1v) is 8.32. The molecule has 3 aromatic rings. The van der Waals surface area contributed by atoms with E-state index in [0.29, 0.717) is 11.3 Å². The van der Waals surface area contributed by atoms with E-state index in [4.69, 9.17) is 4.74 Å². The van der Waals surface area contributed by atoms with Crippen molar-refractivity contribution in [3.8, 4) is 0 Å². The van der Waals surface area contributed by atoms with Crippen molar-refractivity contribution in [1.29, 1.82) is 0 Å². The van der Waals surface area contributed by atoms with E-state index >= 15 is 0 Å². The van der Waals surface area contributed by atoms with Crippen LogP contribution in [0.1, 0.15) is 23.0 Å². The van der Waals surface area contributed by atoms with Gasteiger partial charge < -0.3 is 10.1 Å². The number of hydrogen-bond donors (Lipinski definition) is 1. The lowest BCUT2D eigenvalue weighted by molar-refractivity contribution is -0.384. The van der Waals surface area contributed by atoms with Crippen LogP contribution < -0.4 is 5.32 Å². The van der Waals surface area contributed by atoms with Gasteiger partial charge in [0.15, 0.2) is 11.8 Å². The minimum atomic E-state index is -1.08. The molecule has 2 heterocycles. The van der Waals surface area contributed by atoms with Crippen LogP contribution in [0, 0.1) is 17.0 Å². The van der Waals surface area contributed by atoms with Crippen LogP contribution in [-0.2, 0) is 16.6 Å². The molecule has 1 N–H and O–H groups in total. The Morgan fingerprint density at radius 2 is 1.96 bits per heavy atom. The van der Waals surface area contributed by atoms with Gasteiger partial charge in [-0.2, -0.15) is 5.10 Å². The van der Waals surface area contributed by atoms with Crippen molar-refractivity contribution < 1.29 is 19.2 Å². The van der Waals surface area contributed by atoms with E-state index in [-0.39, 0.29) is 11.3 Å². The third kappa shape index (κ3) is 3.80. The van der Waals surface area contributed by atoms with E-state index in [1.807, 2.05) is 0 Å². The number of rotatable bonds is 5. The highest BCUT2D eigenvalue weighted by Crippen LogP contribution is 2.18. The quantitative estimate of drug-likeness (QED) is 0.407. The lowest BCUT2D eigenvalue weighted by Crippen LogP contribution is -2.30. The molecule has 1 unspecified atom stereocenters. The molecule has 10 nitrogen and oxygen atoms in total. The third-order valence-electron chi connectivity index (χ3n) is 4.10. The number of non-ortho nitro benzene ring substituents is 1. The number of aryl methyl sites for hydroxylation is 2. The van der Waals surface area contributed by atoms with E-state index in [1.54, 1.807) is 24.7 Å². The lowest BCUT2D eigenvalue weighted by atomic mass is 10.2. The van der Waals surface area contributed by atoms with Crippen molar-refractivity contribution in [2.45, 2.75) is 20.0 Å². The predicted molar refractivity (Wildman–Crippen MR) is 99.8 cm³/mol. The average Bonchev–Trinajstić information content (AvgIpc) is 2.95. The highest BCUT2D eigenvalue weighted by atomic mass is 16.6. The molecule has 1 aromatic carbocycles. The summed E-state index contributed by atoms with van der Waals surface area (Å²) in [5.74, 6) is -1.25. The molecular weight excluding hydrogens is 366 g/mol. The SMILES string of the molecule is Cc1nn(C)c2ncc(C(=O)OC(C)C(=O)Nc3ccc([N+](=O)[O-])cc3)cc12. The molecule has 0 fully saturated rings. The molecule has 28 heavy (non-hydrogen) atoms. The van der Waals surface area contributed by atoms with Crippen molar-refractivity contribution in [2.24, 2.45) is 7.05 Å². The number of carbonyl (C=O) groups is 2. The topological polar surface area (TPSA) is 129 Å². The van der Waals surface area contributed by atoms with Gasteiger partial charge in [0.1, 0.15) is 0 Å². The first-order valence-electron chi connectivity index (χ1n) is 8.32. The van der Waals surface area contributed by atoms with Gasteiger partial charge in [0, 0.05) is 36.5 Å². The largest absolute Gasteiger partial charge is 0.449 e. The summed E-state index contributed by atoms with van der Waals surface area (Å²) >= 11 is 0.